The number of halogens is 1. The molecule has 0 atom stereocenters. The molecule has 1 amide bonds. The van der Waals surface area contributed by atoms with Crippen molar-refractivity contribution in [3.8, 4) is 0 Å². The molecule has 0 aliphatic rings. The highest BCUT2D eigenvalue weighted by Crippen LogP contribution is 2.18. The summed E-state index contributed by atoms with van der Waals surface area (Å²) in [6.45, 7) is 4.51. The van der Waals surface area contributed by atoms with Crippen molar-refractivity contribution in [2.75, 3.05) is 5.32 Å². The molecule has 0 fully saturated rings. The molecule has 0 unspecified atom stereocenters. The summed E-state index contributed by atoms with van der Waals surface area (Å²) >= 11 is 0. The van der Waals surface area contributed by atoms with E-state index < -0.39 is 5.82 Å². The van der Waals surface area contributed by atoms with Crippen LogP contribution in [-0.4, -0.2) is 20.9 Å². The Bertz CT molecular complexity index is 856. The molecule has 6 heteroatoms. The second-order valence-electron chi connectivity index (χ2n) is 5.05. The zero-order chi connectivity index (χ0) is 15.7. The summed E-state index contributed by atoms with van der Waals surface area (Å²) in [5.41, 5.74) is 2.96. The molecular formula is C16H15FN4O. The van der Waals surface area contributed by atoms with Crippen molar-refractivity contribution in [2.45, 2.75) is 20.4 Å². The van der Waals surface area contributed by atoms with Gasteiger partial charge in [0.2, 0.25) is 0 Å². The quantitative estimate of drug-likeness (QED) is 0.808. The largest absolute Gasteiger partial charge is 0.319 e. The number of anilines is 1. The number of aromatic nitrogens is 3. The van der Waals surface area contributed by atoms with Gasteiger partial charge in [-0.15, -0.1) is 5.10 Å². The number of carbonyl (C=O) groups is 1. The van der Waals surface area contributed by atoms with Crippen LogP contribution in [0.2, 0.25) is 0 Å². The van der Waals surface area contributed by atoms with E-state index in [4.69, 9.17) is 0 Å². The molecule has 0 aliphatic carbocycles. The highest BCUT2D eigenvalue weighted by molar-refractivity contribution is 6.06. The van der Waals surface area contributed by atoms with Gasteiger partial charge in [0, 0.05) is 12.1 Å². The average molecular weight is 298 g/mol. The fraction of sp³-hybridized carbons (Fsp3) is 0.188. The Labute approximate surface area is 126 Å². The number of carbonyl (C=O) groups excluding carboxylic acids is 1. The first kappa shape index (κ1) is 14.2. The number of hydrogen-bond donors (Lipinski definition) is 1. The van der Waals surface area contributed by atoms with Crippen molar-refractivity contribution in [3.05, 3.63) is 53.3 Å². The molecule has 5 nitrogen and oxygen atoms in total. The van der Waals surface area contributed by atoms with Crippen molar-refractivity contribution < 1.29 is 9.18 Å². The lowest BCUT2D eigenvalue weighted by Crippen LogP contribution is -2.13. The molecule has 0 saturated heterocycles. The van der Waals surface area contributed by atoms with Gasteiger partial charge in [-0.3, -0.25) is 4.79 Å². The first-order valence-corrected chi connectivity index (χ1v) is 6.99. The maximum Gasteiger partial charge on any atom is 0.255 e. The van der Waals surface area contributed by atoms with E-state index in [-0.39, 0.29) is 11.6 Å². The van der Waals surface area contributed by atoms with Crippen LogP contribution in [0.1, 0.15) is 22.8 Å². The Morgan fingerprint density at radius 2 is 2.09 bits per heavy atom. The van der Waals surface area contributed by atoms with Crippen molar-refractivity contribution in [1.29, 1.82) is 0 Å². The topological polar surface area (TPSA) is 59.8 Å². The van der Waals surface area contributed by atoms with Crippen molar-refractivity contribution in [2.24, 2.45) is 0 Å². The number of benzene rings is 2. The van der Waals surface area contributed by atoms with E-state index in [0.29, 0.717) is 17.6 Å². The van der Waals surface area contributed by atoms with Crippen LogP contribution in [0, 0.1) is 12.7 Å². The fourth-order valence-electron chi connectivity index (χ4n) is 2.28. The Hall–Kier alpha value is -2.76. The lowest BCUT2D eigenvalue weighted by molar-refractivity contribution is 0.102. The molecule has 1 aromatic heterocycles. The van der Waals surface area contributed by atoms with Gasteiger partial charge >= 0.3 is 0 Å². The molecule has 3 rings (SSSR count). The third-order valence-corrected chi connectivity index (χ3v) is 3.45. The summed E-state index contributed by atoms with van der Waals surface area (Å²) in [4.78, 5) is 12.3. The number of nitrogens with one attached hydrogen (secondary N) is 1. The summed E-state index contributed by atoms with van der Waals surface area (Å²) in [5.74, 6) is -0.839. The van der Waals surface area contributed by atoms with Gasteiger partial charge in [0.1, 0.15) is 11.3 Å². The van der Waals surface area contributed by atoms with Gasteiger partial charge in [0.25, 0.3) is 5.91 Å². The van der Waals surface area contributed by atoms with E-state index in [9.17, 15) is 9.18 Å². The molecule has 3 aromatic rings. The highest BCUT2D eigenvalue weighted by atomic mass is 19.1. The normalized spacial score (nSPS) is 10.9. The van der Waals surface area contributed by atoms with Crippen molar-refractivity contribution in [3.63, 3.8) is 0 Å². The number of hydrogen-bond acceptors (Lipinski definition) is 3. The minimum atomic E-state index is -0.461. The summed E-state index contributed by atoms with van der Waals surface area (Å²) in [7, 11) is 0. The molecule has 0 saturated carbocycles. The van der Waals surface area contributed by atoms with Crippen LogP contribution < -0.4 is 5.32 Å². The zero-order valence-corrected chi connectivity index (χ0v) is 12.3. The molecule has 1 heterocycles. The Morgan fingerprint density at radius 1 is 1.27 bits per heavy atom. The second-order valence-corrected chi connectivity index (χ2v) is 5.05. The SMILES string of the molecule is CCn1nnc2cc(C(=O)Nc3cc(C)ccc3F)ccc21. The van der Waals surface area contributed by atoms with Crippen LogP contribution in [-0.2, 0) is 6.54 Å². The number of aryl methyl sites for hydroxylation is 2. The van der Waals surface area contributed by atoms with Gasteiger partial charge < -0.3 is 5.32 Å². The molecule has 0 spiro atoms. The third-order valence-electron chi connectivity index (χ3n) is 3.45. The van der Waals surface area contributed by atoms with E-state index in [1.165, 1.54) is 6.07 Å². The first-order valence-electron chi connectivity index (χ1n) is 6.99. The van der Waals surface area contributed by atoms with E-state index in [2.05, 4.69) is 15.6 Å². The van der Waals surface area contributed by atoms with E-state index in [1.807, 2.05) is 13.8 Å². The van der Waals surface area contributed by atoms with Crippen LogP contribution in [0.25, 0.3) is 11.0 Å². The standard InChI is InChI=1S/C16H15FN4O/c1-3-21-15-7-5-11(9-14(15)19-20-21)16(22)18-13-8-10(2)4-6-12(13)17/h4-9H,3H2,1-2H3,(H,18,22). The molecule has 0 radical (unpaired) electrons. The number of nitrogens with zero attached hydrogens (tertiary/aromatic N) is 3. The molecule has 0 bridgehead atoms. The summed E-state index contributed by atoms with van der Waals surface area (Å²) in [6, 6.07) is 9.71. The van der Waals surface area contributed by atoms with Crippen LogP contribution >= 0.6 is 0 Å². The molecule has 0 aliphatic heterocycles. The van der Waals surface area contributed by atoms with Gasteiger partial charge in [-0.1, -0.05) is 11.3 Å². The maximum absolute atomic E-state index is 13.7. The summed E-state index contributed by atoms with van der Waals surface area (Å²) in [5, 5.41) is 10.6. The fourth-order valence-corrected chi connectivity index (χ4v) is 2.28. The Balaban J connectivity index is 1.90. The summed E-state index contributed by atoms with van der Waals surface area (Å²) in [6.07, 6.45) is 0. The van der Waals surface area contributed by atoms with Gasteiger partial charge in [-0.05, 0) is 49.7 Å². The third kappa shape index (κ3) is 2.55. The van der Waals surface area contributed by atoms with Crippen LogP contribution in [0.4, 0.5) is 10.1 Å². The van der Waals surface area contributed by atoms with Gasteiger partial charge in [0.05, 0.1) is 11.2 Å². The number of rotatable bonds is 3. The predicted octanol–water partition coefficient (Wildman–Crippen LogP) is 3.15. The van der Waals surface area contributed by atoms with Gasteiger partial charge in [0.15, 0.2) is 0 Å². The number of amides is 1. The van der Waals surface area contributed by atoms with E-state index in [0.717, 1.165) is 11.1 Å². The van der Waals surface area contributed by atoms with Crippen LogP contribution in [0.3, 0.4) is 0 Å². The lowest BCUT2D eigenvalue weighted by Gasteiger charge is -2.07. The van der Waals surface area contributed by atoms with Crippen LogP contribution in [0.5, 0.6) is 0 Å². The highest BCUT2D eigenvalue weighted by Gasteiger charge is 2.12. The van der Waals surface area contributed by atoms with Gasteiger partial charge in [-0.2, -0.15) is 0 Å². The smallest absolute Gasteiger partial charge is 0.255 e. The monoisotopic (exact) mass is 298 g/mol. The van der Waals surface area contributed by atoms with Crippen molar-refractivity contribution in [1.82, 2.24) is 15.0 Å². The van der Waals surface area contributed by atoms with Gasteiger partial charge in [-0.25, -0.2) is 9.07 Å². The van der Waals surface area contributed by atoms with Crippen molar-refractivity contribution >= 4 is 22.6 Å². The second kappa shape index (κ2) is 5.55. The molecule has 1 N–H and O–H groups in total. The Kier molecular flexibility index (Phi) is 3.58. The minimum absolute atomic E-state index is 0.169. The predicted molar refractivity (Wildman–Crippen MR) is 82.3 cm³/mol. The first-order chi connectivity index (χ1) is 10.6. The zero-order valence-electron chi connectivity index (χ0n) is 12.3. The molecule has 2 aromatic carbocycles. The summed E-state index contributed by atoms with van der Waals surface area (Å²) < 4.78 is 15.5. The van der Waals surface area contributed by atoms with Crippen LogP contribution in [0.15, 0.2) is 36.4 Å². The molecular weight excluding hydrogens is 283 g/mol. The molecule has 22 heavy (non-hydrogen) atoms. The van der Waals surface area contributed by atoms with E-state index in [1.54, 1.807) is 35.0 Å². The average Bonchev–Trinajstić information content (AvgIpc) is 2.93. The maximum atomic E-state index is 13.7. The molecule has 112 valence electrons. The Morgan fingerprint density at radius 3 is 2.86 bits per heavy atom. The lowest BCUT2D eigenvalue weighted by atomic mass is 10.1. The minimum Gasteiger partial charge on any atom is -0.319 e. The van der Waals surface area contributed by atoms with E-state index >= 15 is 0 Å². The number of fused-ring (bicyclic) bond motifs is 1.